The highest BCUT2D eigenvalue weighted by atomic mass is 32.2. The van der Waals surface area contributed by atoms with Crippen molar-refractivity contribution in [2.24, 2.45) is 0 Å². The Balaban J connectivity index is 2.34. The predicted octanol–water partition coefficient (Wildman–Crippen LogP) is 2.75. The minimum atomic E-state index is -0.261. The zero-order valence-corrected chi connectivity index (χ0v) is 9.48. The number of nitrogen functional groups attached to an aromatic ring is 1. The molecule has 0 saturated heterocycles. The quantitative estimate of drug-likeness (QED) is 0.761. The summed E-state index contributed by atoms with van der Waals surface area (Å²) in [6.45, 7) is 0. The number of halogens is 1. The van der Waals surface area contributed by atoms with Gasteiger partial charge in [-0.2, -0.15) is 11.8 Å². The highest BCUT2D eigenvalue weighted by Crippen LogP contribution is 2.32. The summed E-state index contributed by atoms with van der Waals surface area (Å²) in [6.07, 6.45) is 0.964. The molecule has 1 aromatic heterocycles. The third-order valence-electron chi connectivity index (χ3n) is 2.91. The molecule has 2 aromatic rings. The second-order valence-corrected chi connectivity index (χ2v) is 5.02. The average molecular weight is 234 g/mol. The second-order valence-electron chi connectivity index (χ2n) is 3.91. The van der Waals surface area contributed by atoms with E-state index in [1.165, 1.54) is 12.1 Å². The summed E-state index contributed by atoms with van der Waals surface area (Å²) >= 11 is 1.85. The van der Waals surface area contributed by atoms with E-state index < -0.39 is 0 Å². The lowest BCUT2D eigenvalue weighted by Gasteiger charge is -2.18. The average Bonchev–Trinajstić information content (AvgIpc) is 2.29. The van der Waals surface area contributed by atoms with Gasteiger partial charge in [0.25, 0.3) is 0 Å². The molecule has 0 radical (unpaired) electrons. The molecular weight excluding hydrogens is 223 g/mol. The number of aromatic nitrogens is 1. The van der Waals surface area contributed by atoms with E-state index >= 15 is 0 Å². The first-order chi connectivity index (χ1) is 7.75. The van der Waals surface area contributed by atoms with E-state index in [0.717, 1.165) is 40.3 Å². The number of benzene rings is 1. The molecule has 0 aliphatic carbocycles. The number of nitrogens with zero attached hydrogens (tertiary/aromatic N) is 1. The first-order valence-corrected chi connectivity index (χ1v) is 6.35. The van der Waals surface area contributed by atoms with E-state index in [9.17, 15) is 4.39 Å². The topological polar surface area (TPSA) is 38.9 Å². The second kappa shape index (κ2) is 3.63. The number of thioether (sulfide) groups is 1. The van der Waals surface area contributed by atoms with Crippen molar-refractivity contribution in [1.29, 1.82) is 0 Å². The van der Waals surface area contributed by atoms with Crippen LogP contribution in [0.3, 0.4) is 0 Å². The minimum absolute atomic E-state index is 0.261. The summed E-state index contributed by atoms with van der Waals surface area (Å²) in [5, 5.41) is 0.868. The fraction of sp³-hybridized carbons (Fsp3) is 0.250. The predicted molar refractivity (Wildman–Crippen MR) is 66.0 cm³/mol. The maximum Gasteiger partial charge on any atom is 0.125 e. The van der Waals surface area contributed by atoms with Crippen LogP contribution < -0.4 is 5.73 Å². The van der Waals surface area contributed by atoms with E-state index in [4.69, 9.17) is 5.73 Å². The van der Waals surface area contributed by atoms with Crippen LogP contribution in [0.15, 0.2) is 18.2 Å². The standard InChI is InChI=1S/C12H11FN2S/c13-7-1-2-8-10(5-7)15-11-6-16-4-3-9(11)12(8)14/h1-2,5H,3-4,6H2,(H2,14,15). The van der Waals surface area contributed by atoms with Gasteiger partial charge in [-0.1, -0.05) is 0 Å². The Morgan fingerprint density at radius 3 is 3.12 bits per heavy atom. The van der Waals surface area contributed by atoms with E-state index in [2.05, 4.69) is 4.98 Å². The van der Waals surface area contributed by atoms with Gasteiger partial charge in [0.1, 0.15) is 5.82 Å². The zero-order chi connectivity index (χ0) is 11.1. The molecule has 1 aliphatic rings. The minimum Gasteiger partial charge on any atom is -0.398 e. The van der Waals surface area contributed by atoms with Gasteiger partial charge in [0, 0.05) is 22.9 Å². The molecule has 2 nitrogen and oxygen atoms in total. The van der Waals surface area contributed by atoms with Gasteiger partial charge in [-0.3, -0.25) is 4.98 Å². The Kier molecular flexibility index (Phi) is 2.24. The number of pyridine rings is 1. The molecule has 0 unspecified atom stereocenters. The summed E-state index contributed by atoms with van der Waals surface area (Å²) in [6, 6.07) is 4.60. The van der Waals surface area contributed by atoms with Crippen molar-refractivity contribution in [2.75, 3.05) is 11.5 Å². The monoisotopic (exact) mass is 234 g/mol. The Morgan fingerprint density at radius 2 is 2.25 bits per heavy atom. The number of nitrogens with two attached hydrogens (primary N) is 1. The molecule has 0 saturated carbocycles. The number of fused-ring (bicyclic) bond motifs is 2. The molecule has 0 amide bonds. The fourth-order valence-corrected chi connectivity index (χ4v) is 3.02. The van der Waals surface area contributed by atoms with Crippen LogP contribution in [0.2, 0.25) is 0 Å². The van der Waals surface area contributed by atoms with Gasteiger partial charge >= 0.3 is 0 Å². The number of anilines is 1. The van der Waals surface area contributed by atoms with Gasteiger partial charge in [-0.05, 0) is 29.9 Å². The van der Waals surface area contributed by atoms with Crippen LogP contribution in [-0.2, 0) is 12.2 Å². The van der Waals surface area contributed by atoms with Crippen molar-refractivity contribution in [1.82, 2.24) is 4.98 Å². The molecule has 2 heterocycles. The number of hydrogen-bond donors (Lipinski definition) is 1. The van der Waals surface area contributed by atoms with Crippen molar-refractivity contribution >= 4 is 28.4 Å². The highest BCUT2D eigenvalue weighted by Gasteiger charge is 2.16. The van der Waals surface area contributed by atoms with Crippen molar-refractivity contribution < 1.29 is 4.39 Å². The molecular formula is C12H11FN2S. The van der Waals surface area contributed by atoms with Crippen LogP contribution in [0, 0.1) is 5.82 Å². The van der Waals surface area contributed by atoms with Crippen LogP contribution in [0.25, 0.3) is 10.9 Å². The fourth-order valence-electron chi connectivity index (χ4n) is 2.10. The van der Waals surface area contributed by atoms with Crippen LogP contribution in [0.1, 0.15) is 11.3 Å². The van der Waals surface area contributed by atoms with Crippen LogP contribution in [-0.4, -0.2) is 10.7 Å². The summed E-state index contributed by atoms with van der Waals surface area (Å²) in [4.78, 5) is 4.50. The van der Waals surface area contributed by atoms with Crippen LogP contribution in [0.4, 0.5) is 10.1 Å². The highest BCUT2D eigenvalue weighted by molar-refractivity contribution is 7.98. The molecule has 0 fully saturated rings. The van der Waals surface area contributed by atoms with Gasteiger partial charge in [0.05, 0.1) is 11.2 Å². The first-order valence-electron chi connectivity index (χ1n) is 5.20. The third-order valence-corrected chi connectivity index (χ3v) is 3.88. The van der Waals surface area contributed by atoms with Crippen molar-refractivity contribution in [3.63, 3.8) is 0 Å². The number of rotatable bonds is 0. The van der Waals surface area contributed by atoms with E-state index in [-0.39, 0.29) is 5.82 Å². The first kappa shape index (κ1) is 9.90. The van der Waals surface area contributed by atoms with Gasteiger partial charge in [0.2, 0.25) is 0 Å². The Bertz CT molecular complexity index is 568. The maximum atomic E-state index is 13.1. The van der Waals surface area contributed by atoms with Gasteiger partial charge in [-0.15, -0.1) is 0 Å². The molecule has 1 aromatic carbocycles. The van der Waals surface area contributed by atoms with Crippen LogP contribution >= 0.6 is 11.8 Å². The normalized spacial score (nSPS) is 15.1. The van der Waals surface area contributed by atoms with Crippen LogP contribution in [0.5, 0.6) is 0 Å². The Hall–Kier alpha value is -1.29. The summed E-state index contributed by atoms with van der Waals surface area (Å²) in [5.41, 5.74) is 9.73. The lowest BCUT2D eigenvalue weighted by molar-refractivity contribution is 0.629. The third kappa shape index (κ3) is 1.45. The SMILES string of the molecule is Nc1c2c(nc3cc(F)ccc13)CSCC2. The Morgan fingerprint density at radius 1 is 1.38 bits per heavy atom. The molecule has 2 N–H and O–H groups in total. The molecule has 16 heavy (non-hydrogen) atoms. The van der Waals surface area contributed by atoms with Crippen molar-refractivity contribution in [3.05, 3.63) is 35.3 Å². The van der Waals surface area contributed by atoms with Crippen molar-refractivity contribution in [3.8, 4) is 0 Å². The summed E-state index contributed by atoms with van der Waals surface area (Å²) in [5.74, 6) is 1.71. The number of hydrogen-bond acceptors (Lipinski definition) is 3. The Labute approximate surface area is 97.1 Å². The maximum absolute atomic E-state index is 13.1. The molecule has 1 aliphatic heterocycles. The van der Waals surface area contributed by atoms with Gasteiger partial charge < -0.3 is 5.73 Å². The molecule has 4 heteroatoms. The van der Waals surface area contributed by atoms with Gasteiger partial charge in [0.15, 0.2) is 0 Å². The van der Waals surface area contributed by atoms with Gasteiger partial charge in [-0.25, -0.2) is 4.39 Å². The van der Waals surface area contributed by atoms with E-state index in [0.29, 0.717) is 5.52 Å². The molecule has 0 spiro atoms. The summed E-state index contributed by atoms with van der Waals surface area (Å²) < 4.78 is 13.1. The lowest BCUT2D eigenvalue weighted by atomic mass is 10.0. The zero-order valence-electron chi connectivity index (χ0n) is 8.66. The smallest absolute Gasteiger partial charge is 0.125 e. The van der Waals surface area contributed by atoms with E-state index in [1.54, 1.807) is 6.07 Å². The molecule has 0 atom stereocenters. The molecule has 0 bridgehead atoms. The van der Waals surface area contributed by atoms with E-state index in [1.807, 2.05) is 11.8 Å². The van der Waals surface area contributed by atoms with Crippen molar-refractivity contribution in [2.45, 2.75) is 12.2 Å². The molecule has 3 rings (SSSR count). The lowest BCUT2D eigenvalue weighted by Crippen LogP contribution is -2.09. The summed E-state index contributed by atoms with van der Waals surface area (Å²) in [7, 11) is 0. The molecule has 82 valence electrons. The largest absolute Gasteiger partial charge is 0.398 e.